The Kier molecular flexibility index (Phi) is 7.36. The van der Waals surface area contributed by atoms with Crippen LogP contribution in [0, 0.1) is 20.8 Å². The summed E-state index contributed by atoms with van der Waals surface area (Å²) in [5.74, 6) is 0.0549. The van der Waals surface area contributed by atoms with E-state index in [9.17, 15) is 9.59 Å². The number of benzene rings is 1. The molecule has 6 heteroatoms. The molecule has 1 atom stereocenters. The average molecular weight is 487 g/mol. The Morgan fingerprint density at radius 2 is 1.92 bits per heavy atom. The maximum absolute atomic E-state index is 13.6. The summed E-state index contributed by atoms with van der Waals surface area (Å²) in [6.45, 7) is 11.3. The van der Waals surface area contributed by atoms with Crippen LogP contribution in [0.1, 0.15) is 70.5 Å². The fraction of sp³-hybridized carbons (Fsp3) is 0.400. The molecule has 36 heavy (non-hydrogen) atoms. The normalized spacial score (nSPS) is 15.7. The van der Waals surface area contributed by atoms with Gasteiger partial charge in [0.1, 0.15) is 0 Å². The van der Waals surface area contributed by atoms with E-state index in [-0.39, 0.29) is 30.0 Å². The van der Waals surface area contributed by atoms with E-state index < -0.39 is 0 Å². The number of H-pyrrole nitrogens is 1. The van der Waals surface area contributed by atoms with Gasteiger partial charge in [0.15, 0.2) is 0 Å². The molecule has 0 fully saturated rings. The first-order valence-electron chi connectivity index (χ1n) is 12.7. The Hall–Kier alpha value is -3.38. The Morgan fingerprint density at radius 3 is 2.53 bits per heavy atom. The molecule has 2 aromatic heterocycles. The minimum atomic E-state index is -0.158. The summed E-state index contributed by atoms with van der Waals surface area (Å²) in [6, 6.07) is 6.49. The summed E-state index contributed by atoms with van der Waals surface area (Å²) in [5, 5.41) is 4.00. The number of aromatic nitrogens is 2. The lowest BCUT2D eigenvalue weighted by atomic mass is 9.88. The van der Waals surface area contributed by atoms with E-state index >= 15 is 0 Å². The van der Waals surface area contributed by atoms with Gasteiger partial charge in [0.2, 0.25) is 0 Å². The van der Waals surface area contributed by atoms with Crippen molar-refractivity contribution >= 4 is 16.8 Å². The van der Waals surface area contributed by atoms with Crippen LogP contribution in [-0.4, -0.2) is 41.0 Å². The number of allylic oxidation sites excluding steroid dienone is 2. The monoisotopic (exact) mass is 486 g/mol. The van der Waals surface area contributed by atoms with E-state index in [4.69, 9.17) is 0 Å². The van der Waals surface area contributed by atoms with Crippen LogP contribution in [0.2, 0.25) is 0 Å². The number of aromatic amines is 1. The number of hydrogen-bond donors (Lipinski definition) is 2. The molecule has 0 bridgehead atoms. The Labute approximate surface area is 213 Å². The van der Waals surface area contributed by atoms with Gasteiger partial charge in [0.25, 0.3) is 11.5 Å². The number of rotatable bonds is 7. The first-order chi connectivity index (χ1) is 17.0. The number of carbonyl (C=O) groups excluding carboxylic acids is 1. The van der Waals surface area contributed by atoms with Crippen molar-refractivity contribution in [2.24, 2.45) is 0 Å². The minimum absolute atomic E-state index is 0.151. The van der Waals surface area contributed by atoms with Crippen molar-refractivity contribution in [2.75, 3.05) is 20.6 Å². The largest absolute Gasteiger partial charge is 0.348 e. The zero-order valence-electron chi connectivity index (χ0n) is 22.5. The molecule has 190 valence electrons. The average Bonchev–Trinajstić information content (AvgIpc) is 3.14. The molecule has 4 rings (SSSR count). The van der Waals surface area contributed by atoms with Gasteiger partial charge in [-0.05, 0) is 95.6 Å². The van der Waals surface area contributed by atoms with Crippen molar-refractivity contribution < 1.29 is 4.79 Å². The maximum Gasteiger partial charge on any atom is 0.253 e. The third-order valence-electron chi connectivity index (χ3n) is 6.97. The summed E-state index contributed by atoms with van der Waals surface area (Å²) in [4.78, 5) is 31.1. The van der Waals surface area contributed by atoms with Crippen molar-refractivity contribution in [3.8, 4) is 0 Å². The van der Waals surface area contributed by atoms with Crippen molar-refractivity contribution in [1.82, 2.24) is 19.8 Å². The van der Waals surface area contributed by atoms with Crippen LogP contribution in [0.25, 0.3) is 10.9 Å². The predicted molar refractivity (Wildman–Crippen MR) is 148 cm³/mol. The predicted octanol–water partition coefficient (Wildman–Crippen LogP) is 5.30. The lowest BCUT2D eigenvalue weighted by Gasteiger charge is -2.20. The zero-order valence-corrected chi connectivity index (χ0v) is 22.5. The van der Waals surface area contributed by atoms with Crippen LogP contribution in [0.15, 0.2) is 53.0 Å². The number of carbonyl (C=O) groups is 1. The van der Waals surface area contributed by atoms with Gasteiger partial charge in [0, 0.05) is 59.0 Å². The van der Waals surface area contributed by atoms with E-state index in [0.717, 1.165) is 46.3 Å². The van der Waals surface area contributed by atoms with Crippen molar-refractivity contribution in [3.63, 3.8) is 0 Å². The molecular formula is C30H38N4O2. The molecule has 6 nitrogen and oxygen atoms in total. The van der Waals surface area contributed by atoms with Gasteiger partial charge >= 0.3 is 0 Å². The van der Waals surface area contributed by atoms with E-state index in [1.165, 1.54) is 5.57 Å². The van der Waals surface area contributed by atoms with Crippen LogP contribution >= 0.6 is 0 Å². The third kappa shape index (κ3) is 5.24. The van der Waals surface area contributed by atoms with Gasteiger partial charge in [0.05, 0.1) is 0 Å². The standard InChI is InChI=1S/C30H38N4O2/c1-18(2)34-16-20(4)28-25(29(35)31-15-26-19(3)12-21(5)32-30(26)36)13-24(14-27(28)34)23-10-8-22(9-11-23)17-33(6)7/h8-10,12-14,16,18,23H,11,15,17H2,1-7H3,(H,31,35)(H,32,36). The summed E-state index contributed by atoms with van der Waals surface area (Å²) in [6.07, 6.45) is 9.81. The molecule has 1 amide bonds. The number of nitrogens with one attached hydrogen (secondary N) is 2. The van der Waals surface area contributed by atoms with Gasteiger partial charge in [-0.2, -0.15) is 0 Å². The Morgan fingerprint density at radius 1 is 1.17 bits per heavy atom. The van der Waals surface area contributed by atoms with Crippen molar-refractivity contribution in [1.29, 1.82) is 0 Å². The molecule has 0 spiro atoms. The Balaban J connectivity index is 1.71. The lowest BCUT2D eigenvalue weighted by Crippen LogP contribution is -2.28. The molecule has 0 radical (unpaired) electrons. The first-order valence-corrected chi connectivity index (χ1v) is 12.7. The zero-order chi connectivity index (χ0) is 26.1. The molecule has 0 aliphatic heterocycles. The number of amides is 1. The van der Waals surface area contributed by atoms with Crippen LogP contribution < -0.4 is 10.9 Å². The van der Waals surface area contributed by atoms with E-state index in [1.54, 1.807) is 0 Å². The summed E-state index contributed by atoms with van der Waals surface area (Å²) < 4.78 is 2.25. The first kappa shape index (κ1) is 25.7. The van der Waals surface area contributed by atoms with E-state index in [2.05, 4.69) is 85.1 Å². The lowest BCUT2D eigenvalue weighted by molar-refractivity contribution is 0.0952. The molecule has 1 aliphatic carbocycles. The smallest absolute Gasteiger partial charge is 0.253 e. The molecule has 0 saturated carbocycles. The highest BCUT2D eigenvalue weighted by molar-refractivity contribution is 6.08. The van der Waals surface area contributed by atoms with Crippen molar-refractivity contribution in [3.05, 3.63) is 92.1 Å². The van der Waals surface area contributed by atoms with Gasteiger partial charge in [-0.15, -0.1) is 0 Å². The third-order valence-corrected chi connectivity index (χ3v) is 6.97. The second-order valence-corrected chi connectivity index (χ2v) is 10.6. The van der Waals surface area contributed by atoms with Gasteiger partial charge in [-0.3, -0.25) is 9.59 Å². The van der Waals surface area contributed by atoms with E-state index in [0.29, 0.717) is 11.1 Å². The minimum Gasteiger partial charge on any atom is -0.348 e. The van der Waals surface area contributed by atoms with Crippen LogP contribution in [-0.2, 0) is 6.54 Å². The van der Waals surface area contributed by atoms with Gasteiger partial charge < -0.3 is 19.8 Å². The summed E-state index contributed by atoms with van der Waals surface area (Å²) >= 11 is 0. The summed E-state index contributed by atoms with van der Waals surface area (Å²) in [7, 11) is 4.15. The quantitative estimate of drug-likeness (QED) is 0.476. The molecule has 2 N–H and O–H groups in total. The molecule has 1 aliphatic rings. The number of nitrogens with zero attached hydrogens (tertiary/aromatic N) is 2. The fourth-order valence-electron chi connectivity index (χ4n) is 5.19. The molecular weight excluding hydrogens is 448 g/mol. The van der Waals surface area contributed by atoms with Crippen LogP contribution in [0.3, 0.4) is 0 Å². The van der Waals surface area contributed by atoms with Gasteiger partial charge in [-0.25, -0.2) is 0 Å². The Bertz CT molecular complexity index is 1420. The highest BCUT2D eigenvalue weighted by Gasteiger charge is 2.21. The van der Waals surface area contributed by atoms with Crippen LogP contribution in [0.4, 0.5) is 0 Å². The molecule has 3 aromatic rings. The number of pyridine rings is 1. The fourth-order valence-corrected chi connectivity index (χ4v) is 5.19. The highest BCUT2D eigenvalue weighted by Crippen LogP contribution is 2.34. The molecule has 1 unspecified atom stereocenters. The topological polar surface area (TPSA) is 70.1 Å². The van der Waals surface area contributed by atoms with E-state index in [1.807, 2.05) is 26.0 Å². The summed E-state index contributed by atoms with van der Waals surface area (Å²) in [5.41, 5.74) is 7.40. The van der Waals surface area contributed by atoms with Crippen molar-refractivity contribution in [2.45, 2.75) is 59.5 Å². The molecule has 1 aromatic carbocycles. The number of fused-ring (bicyclic) bond motifs is 1. The van der Waals surface area contributed by atoms with Crippen LogP contribution in [0.5, 0.6) is 0 Å². The number of likely N-dealkylation sites (N-methyl/N-ethyl adjacent to an activating group) is 1. The molecule has 0 saturated heterocycles. The van der Waals surface area contributed by atoms with Gasteiger partial charge in [-0.1, -0.05) is 18.2 Å². The second kappa shape index (κ2) is 10.3. The SMILES string of the molecule is Cc1cc(C)c(CNC(=O)c2cc(C3C=CC(CN(C)C)=CC3)cc3c2c(C)cn3C(C)C)c(=O)[nH]1. The number of hydrogen-bond acceptors (Lipinski definition) is 3. The molecule has 2 heterocycles. The second-order valence-electron chi connectivity index (χ2n) is 10.6. The highest BCUT2D eigenvalue weighted by atomic mass is 16.1. The maximum atomic E-state index is 13.6. The number of aryl methyl sites for hydroxylation is 3.